The number of rotatable bonds is 3. The molecule has 24 heavy (non-hydrogen) atoms. The van der Waals surface area contributed by atoms with Crippen LogP contribution in [0.5, 0.6) is 0 Å². The molecule has 0 spiro atoms. The minimum absolute atomic E-state index is 0.551. The standard InChI is InChI=1S/C19H16N4O/c1-12-6-8-14(9-7-12)16-17-18(24-23-16)19(21-11-20-17)22-15-5-3-4-13(2)10-15/h3-11H,1-2H3,(H,20,21,22). The molecule has 2 aromatic carbocycles. The quantitative estimate of drug-likeness (QED) is 0.596. The number of hydrogen-bond acceptors (Lipinski definition) is 5. The van der Waals surface area contributed by atoms with Gasteiger partial charge in [0.25, 0.3) is 0 Å². The van der Waals surface area contributed by atoms with E-state index in [0.717, 1.165) is 16.9 Å². The summed E-state index contributed by atoms with van der Waals surface area (Å²) in [4.78, 5) is 8.65. The lowest BCUT2D eigenvalue weighted by molar-refractivity contribution is 0.459. The lowest BCUT2D eigenvalue weighted by Crippen LogP contribution is -1.95. The zero-order valence-electron chi connectivity index (χ0n) is 13.4. The van der Waals surface area contributed by atoms with Crippen LogP contribution in [0.2, 0.25) is 0 Å². The number of aryl methyl sites for hydroxylation is 2. The third kappa shape index (κ3) is 2.60. The van der Waals surface area contributed by atoms with Crippen LogP contribution < -0.4 is 5.32 Å². The molecule has 0 aliphatic carbocycles. The highest BCUT2D eigenvalue weighted by Gasteiger charge is 2.16. The predicted octanol–water partition coefficient (Wildman–Crippen LogP) is 4.65. The highest BCUT2D eigenvalue weighted by atomic mass is 16.5. The third-order valence-electron chi connectivity index (χ3n) is 3.86. The molecule has 4 aromatic rings. The van der Waals surface area contributed by atoms with Crippen LogP contribution in [0.1, 0.15) is 11.1 Å². The summed E-state index contributed by atoms with van der Waals surface area (Å²) >= 11 is 0. The molecule has 0 amide bonds. The lowest BCUT2D eigenvalue weighted by atomic mass is 10.1. The molecule has 118 valence electrons. The van der Waals surface area contributed by atoms with Gasteiger partial charge in [0.15, 0.2) is 5.82 Å². The fourth-order valence-electron chi connectivity index (χ4n) is 2.61. The summed E-state index contributed by atoms with van der Waals surface area (Å²) in [5.41, 5.74) is 6.26. The summed E-state index contributed by atoms with van der Waals surface area (Å²) in [7, 11) is 0. The maximum atomic E-state index is 5.53. The molecule has 4 rings (SSSR count). The molecule has 0 atom stereocenters. The van der Waals surface area contributed by atoms with E-state index in [2.05, 4.69) is 27.4 Å². The molecule has 0 fully saturated rings. The van der Waals surface area contributed by atoms with E-state index in [4.69, 9.17) is 4.52 Å². The molecule has 2 aromatic heterocycles. The Morgan fingerprint density at radius 2 is 1.75 bits per heavy atom. The van der Waals surface area contributed by atoms with E-state index >= 15 is 0 Å². The molecule has 0 bridgehead atoms. The van der Waals surface area contributed by atoms with Crippen molar-refractivity contribution < 1.29 is 4.52 Å². The summed E-state index contributed by atoms with van der Waals surface area (Å²) in [6, 6.07) is 16.2. The van der Waals surface area contributed by atoms with Crippen molar-refractivity contribution in [1.29, 1.82) is 0 Å². The first-order valence-corrected chi connectivity index (χ1v) is 7.72. The molecule has 0 saturated heterocycles. The Labute approximate surface area is 139 Å². The lowest BCUT2D eigenvalue weighted by Gasteiger charge is -2.05. The van der Waals surface area contributed by atoms with Gasteiger partial charge >= 0.3 is 0 Å². The first-order chi connectivity index (χ1) is 11.7. The Bertz CT molecular complexity index is 1010. The fraction of sp³-hybridized carbons (Fsp3) is 0.105. The highest BCUT2D eigenvalue weighted by molar-refractivity contribution is 5.94. The van der Waals surface area contributed by atoms with Crippen molar-refractivity contribution in [2.45, 2.75) is 13.8 Å². The number of hydrogen-bond donors (Lipinski definition) is 1. The van der Waals surface area contributed by atoms with Gasteiger partial charge in [-0.05, 0) is 31.5 Å². The van der Waals surface area contributed by atoms with Gasteiger partial charge in [-0.3, -0.25) is 0 Å². The number of fused-ring (bicyclic) bond motifs is 1. The van der Waals surface area contributed by atoms with Crippen LogP contribution in [-0.2, 0) is 0 Å². The number of aromatic nitrogens is 3. The van der Waals surface area contributed by atoms with Gasteiger partial charge in [0.1, 0.15) is 17.5 Å². The van der Waals surface area contributed by atoms with Crippen molar-refractivity contribution in [1.82, 2.24) is 15.1 Å². The maximum absolute atomic E-state index is 5.53. The van der Waals surface area contributed by atoms with E-state index in [1.165, 1.54) is 17.5 Å². The number of nitrogens with zero attached hydrogens (tertiary/aromatic N) is 3. The second-order valence-corrected chi connectivity index (χ2v) is 5.79. The van der Waals surface area contributed by atoms with E-state index in [9.17, 15) is 0 Å². The maximum Gasteiger partial charge on any atom is 0.228 e. The zero-order chi connectivity index (χ0) is 16.5. The van der Waals surface area contributed by atoms with Gasteiger partial charge in [-0.15, -0.1) is 0 Å². The second kappa shape index (κ2) is 5.77. The SMILES string of the molecule is Cc1ccc(-c2noc3c(Nc4cccc(C)c4)ncnc23)cc1. The van der Waals surface area contributed by atoms with Gasteiger partial charge in [-0.2, -0.15) is 0 Å². The van der Waals surface area contributed by atoms with E-state index < -0.39 is 0 Å². The summed E-state index contributed by atoms with van der Waals surface area (Å²) in [6.07, 6.45) is 1.52. The van der Waals surface area contributed by atoms with Crippen LogP contribution >= 0.6 is 0 Å². The molecule has 0 unspecified atom stereocenters. The van der Waals surface area contributed by atoms with Gasteiger partial charge in [0, 0.05) is 11.3 Å². The molecule has 0 radical (unpaired) electrons. The third-order valence-corrected chi connectivity index (χ3v) is 3.86. The van der Waals surface area contributed by atoms with Gasteiger partial charge in [0.05, 0.1) is 0 Å². The Hall–Kier alpha value is -3.21. The van der Waals surface area contributed by atoms with Crippen LogP contribution in [0, 0.1) is 13.8 Å². The van der Waals surface area contributed by atoms with Crippen molar-refractivity contribution in [2.24, 2.45) is 0 Å². The molecular formula is C19H16N4O. The molecule has 1 N–H and O–H groups in total. The van der Waals surface area contributed by atoms with Gasteiger partial charge in [0.2, 0.25) is 5.58 Å². The highest BCUT2D eigenvalue weighted by Crippen LogP contribution is 2.30. The van der Waals surface area contributed by atoms with Crippen molar-refractivity contribution in [3.63, 3.8) is 0 Å². The zero-order valence-corrected chi connectivity index (χ0v) is 13.4. The minimum Gasteiger partial charge on any atom is -0.350 e. The Balaban J connectivity index is 1.77. The average Bonchev–Trinajstić information content (AvgIpc) is 3.01. The normalized spacial score (nSPS) is 10.9. The van der Waals surface area contributed by atoms with Crippen molar-refractivity contribution in [2.75, 3.05) is 5.32 Å². The van der Waals surface area contributed by atoms with E-state index in [0.29, 0.717) is 16.9 Å². The first-order valence-electron chi connectivity index (χ1n) is 7.72. The Kier molecular flexibility index (Phi) is 3.46. The molecule has 5 heteroatoms. The van der Waals surface area contributed by atoms with Crippen molar-refractivity contribution in [3.8, 4) is 11.3 Å². The first kappa shape index (κ1) is 14.4. The molecule has 2 heterocycles. The number of benzene rings is 2. The molecular weight excluding hydrogens is 300 g/mol. The Morgan fingerprint density at radius 3 is 2.54 bits per heavy atom. The summed E-state index contributed by atoms with van der Waals surface area (Å²) in [5, 5.41) is 7.47. The number of nitrogens with one attached hydrogen (secondary N) is 1. The Morgan fingerprint density at radius 1 is 0.917 bits per heavy atom. The van der Waals surface area contributed by atoms with Gasteiger partial charge in [-0.1, -0.05) is 47.1 Å². The fourth-order valence-corrected chi connectivity index (χ4v) is 2.61. The monoisotopic (exact) mass is 316 g/mol. The second-order valence-electron chi connectivity index (χ2n) is 5.79. The van der Waals surface area contributed by atoms with Crippen LogP contribution in [0.3, 0.4) is 0 Å². The van der Waals surface area contributed by atoms with Gasteiger partial charge < -0.3 is 9.84 Å². The van der Waals surface area contributed by atoms with E-state index in [-0.39, 0.29) is 0 Å². The number of anilines is 2. The smallest absolute Gasteiger partial charge is 0.228 e. The van der Waals surface area contributed by atoms with Crippen LogP contribution in [0.25, 0.3) is 22.4 Å². The molecule has 0 aliphatic heterocycles. The van der Waals surface area contributed by atoms with Crippen LogP contribution in [-0.4, -0.2) is 15.1 Å². The largest absolute Gasteiger partial charge is 0.350 e. The minimum atomic E-state index is 0.551. The summed E-state index contributed by atoms with van der Waals surface area (Å²) in [6.45, 7) is 4.10. The average molecular weight is 316 g/mol. The van der Waals surface area contributed by atoms with E-state index in [1.54, 1.807) is 0 Å². The predicted molar refractivity (Wildman–Crippen MR) is 94.2 cm³/mol. The van der Waals surface area contributed by atoms with Crippen molar-refractivity contribution in [3.05, 3.63) is 66.0 Å². The molecule has 0 saturated carbocycles. The van der Waals surface area contributed by atoms with Crippen molar-refractivity contribution >= 4 is 22.6 Å². The topological polar surface area (TPSA) is 63.8 Å². The van der Waals surface area contributed by atoms with Gasteiger partial charge in [-0.25, -0.2) is 9.97 Å². The molecule has 5 nitrogen and oxygen atoms in total. The van der Waals surface area contributed by atoms with Crippen LogP contribution in [0.4, 0.5) is 11.5 Å². The summed E-state index contributed by atoms with van der Waals surface area (Å²) in [5.74, 6) is 0.608. The van der Waals surface area contributed by atoms with E-state index in [1.807, 2.05) is 55.5 Å². The van der Waals surface area contributed by atoms with Crippen LogP contribution in [0.15, 0.2) is 59.4 Å². The summed E-state index contributed by atoms with van der Waals surface area (Å²) < 4.78 is 5.53. The molecule has 0 aliphatic rings.